The molecule has 0 unspecified atom stereocenters. The van der Waals surface area contributed by atoms with Gasteiger partial charge in [-0.05, 0) is 56.4 Å². The monoisotopic (exact) mass is 489 g/mol. The molecule has 2 aromatic carbocycles. The van der Waals surface area contributed by atoms with E-state index in [2.05, 4.69) is 15.6 Å². The van der Waals surface area contributed by atoms with Crippen molar-refractivity contribution >= 4 is 11.7 Å². The highest BCUT2D eigenvalue weighted by atomic mass is 16.5. The number of hydrogen-bond donors (Lipinski definition) is 4. The average molecular weight is 490 g/mol. The zero-order chi connectivity index (χ0) is 25.3. The molecule has 0 radical (unpaired) electrons. The first-order valence-corrected chi connectivity index (χ1v) is 12.3. The predicted molar refractivity (Wildman–Crippen MR) is 137 cm³/mol. The third-order valence-electron chi connectivity index (χ3n) is 6.70. The maximum absolute atomic E-state index is 13.5. The van der Waals surface area contributed by atoms with Crippen molar-refractivity contribution in [2.45, 2.75) is 50.3 Å². The van der Waals surface area contributed by atoms with Gasteiger partial charge in [-0.2, -0.15) is 0 Å². The molecule has 3 aromatic rings. The number of hydrogen-bond acceptors (Lipinski definition) is 7. The summed E-state index contributed by atoms with van der Waals surface area (Å²) in [4.78, 5) is 30.5. The number of anilines is 1. The third-order valence-corrected chi connectivity index (χ3v) is 6.70. The van der Waals surface area contributed by atoms with Crippen molar-refractivity contribution in [3.63, 3.8) is 0 Å². The number of para-hydroxylation sites is 1. The van der Waals surface area contributed by atoms with Crippen LogP contribution >= 0.6 is 0 Å². The highest BCUT2D eigenvalue weighted by molar-refractivity contribution is 5.95. The Morgan fingerprint density at radius 1 is 1.28 bits per heavy atom. The molecule has 2 fully saturated rings. The number of aliphatic hydroxyl groups excluding tert-OH is 1. The molecule has 0 spiro atoms. The SMILES string of the molecule is Cc1ccc(C(=O)NC2CC2)cc1-n1ccnc(NC2(c3ccccc3OC[C@H](O)CN)CC2)c1=O. The van der Waals surface area contributed by atoms with Crippen LogP contribution in [0.25, 0.3) is 5.69 Å². The van der Waals surface area contributed by atoms with E-state index in [9.17, 15) is 14.7 Å². The molecular formula is C27H31N5O4. The molecule has 1 heterocycles. The molecule has 0 bridgehead atoms. The fourth-order valence-corrected chi connectivity index (χ4v) is 4.25. The molecule has 5 N–H and O–H groups in total. The summed E-state index contributed by atoms with van der Waals surface area (Å²) in [5.74, 6) is 0.725. The summed E-state index contributed by atoms with van der Waals surface area (Å²) in [6, 6.07) is 13.2. The van der Waals surface area contributed by atoms with Gasteiger partial charge in [0, 0.05) is 36.1 Å². The fraction of sp³-hybridized carbons (Fsp3) is 0.370. The van der Waals surface area contributed by atoms with Crippen LogP contribution in [0.5, 0.6) is 5.75 Å². The third kappa shape index (κ3) is 4.98. The number of ether oxygens (including phenoxy) is 1. The van der Waals surface area contributed by atoms with Crippen LogP contribution < -0.4 is 26.7 Å². The number of carbonyl (C=O) groups is 1. The van der Waals surface area contributed by atoms with Gasteiger partial charge in [0.1, 0.15) is 18.5 Å². The maximum atomic E-state index is 13.5. The minimum Gasteiger partial charge on any atom is -0.490 e. The van der Waals surface area contributed by atoms with Crippen molar-refractivity contribution < 1.29 is 14.6 Å². The molecule has 1 aromatic heterocycles. The molecule has 2 aliphatic rings. The lowest BCUT2D eigenvalue weighted by molar-refractivity contribution is 0.0951. The van der Waals surface area contributed by atoms with E-state index in [0.717, 1.165) is 36.8 Å². The Kier molecular flexibility index (Phi) is 6.51. The van der Waals surface area contributed by atoms with Crippen molar-refractivity contribution in [1.29, 1.82) is 0 Å². The van der Waals surface area contributed by atoms with Crippen molar-refractivity contribution in [3.8, 4) is 11.4 Å². The second-order valence-corrected chi connectivity index (χ2v) is 9.60. The summed E-state index contributed by atoms with van der Waals surface area (Å²) in [5, 5.41) is 16.2. The Balaban J connectivity index is 1.43. The minimum atomic E-state index is -0.755. The van der Waals surface area contributed by atoms with Gasteiger partial charge in [-0.15, -0.1) is 0 Å². The lowest BCUT2D eigenvalue weighted by atomic mass is 10.0. The predicted octanol–water partition coefficient (Wildman–Crippen LogP) is 2.23. The van der Waals surface area contributed by atoms with Gasteiger partial charge in [-0.3, -0.25) is 14.2 Å². The molecule has 0 saturated heterocycles. The Morgan fingerprint density at radius 3 is 2.78 bits per heavy atom. The average Bonchev–Trinajstić information content (AvgIpc) is 3.82. The number of amides is 1. The van der Waals surface area contributed by atoms with Crippen LogP contribution in [0.15, 0.2) is 59.7 Å². The summed E-state index contributed by atoms with van der Waals surface area (Å²) in [6.07, 6.45) is 6.06. The van der Waals surface area contributed by atoms with Crippen LogP contribution in [0, 0.1) is 6.92 Å². The zero-order valence-electron chi connectivity index (χ0n) is 20.2. The van der Waals surface area contributed by atoms with Crippen LogP contribution in [0.1, 0.15) is 47.2 Å². The van der Waals surface area contributed by atoms with E-state index in [1.807, 2.05) is 37.3 Å². The van der Waals surface area contributed by atoms with Gasteiger partial charge in [0.15, 0.2) is 5.82 Å². The normalized spacial score (nSPS) is 16.8. The van der Waals surface area contributed by atoms with E-state index < -0.39 is 11.6 Å². The van der Waals surface area contributed by atoms with Crippen molar-refractivity contribution in [3.05, 3.63) is 81.9 Å². The standard InChI is InChI=1S/C27H31N5O4/c1-17-6-7-18(25(34)30-19-8-9-19)14-22(17)32-13-12-29-24(26(32)35)31-27(10-11-27)21-4-2-3-5-23(21)36-16-20(33)15-28/h2-7,12-14,19-20,33H,8-11,15-16,28H2,1H3,(H,29,31)(H,30,34)/t20-/m1/s1. The van der Waals surface area contributed by atoms with Crippen LogP contribution in [-0.4, -0.2) is 45.9 Å². The van der Waals surface area contributed by atoms with E-state index in [0.29, 0.717) is 17.0 Å². The molecule has 9 heteroatoms. The smallest absolute Gasteiger partial charge is 0.297 e. The Hall–Kier alpha value is -3.69. The van der Waals surface area contributed by atoms with Crippen molar-refractivity contribution in [1.82, 2.24) is 14.9 Å². The summed E-state index contributed by atoms with van der Waals surface area (Å²) < 4.78 is 7.37. The topological polar surface area (TPSA) is 132 Å². The highest BCUT2D eigenvalue weighted by Crippen LogP contribution is 2.50. The van der Waals surface area contributed by atoms with Crippen LogP contribution in [0.2, 0.25) is 0 Å². The fourth-order valence-electron chi connectivity index (χ4n) is 4.25. The number of aromatic nitrogens is 2. The van der Waals surface area contributed by atoms with E-state index >= 15 is 0 Å². The Morgan fingerprint density at radius 2 is 2.06 bits per heavy atom. The van der Waals surface area contributed by atoms with Crippen LogP contribution in [0.4, 0.5) is 5.82 Å². The molecule has 0 aliphatic heterocycles. The first-order chi connectivity index (χ1) is 17.4. The lowest BCUT2D eigenvalue weighted by Crippen LogP contribution is -2.30. The lowest BCUT2D eigenvalue weighted by Gasteiger charge is -2.22. The van der Waals surface area contributed by atoms with Gasteiger partial charge < -0.3 is 26.2 Å². The molecule has 2 aliphatic carbocycles. The van der Waals surface area contributed by atoms with Crippen molar-refractivity contribution in [2.75, 3.05) is 18.5 Å². The molecule has 36 heavy (non-hydrogen) atoms. The number of rotatable bonds is 10. The van der Waals surface area contributed by atoms with Gasteiger partial charge in [-0.1, -0.05) is 24.3 Å². The van der Waals surface area contributed by atoms with Gasteiger partial charge in [-0.25, -0.2) is 4.98 Å². The second-order valence-electron chi connectivity index (χ2n) is 9.60. The van der Waals surface area contributed by atoms with Gasteiger partial charge in [0.25, 0.3) is 11.5 Å². The van der Waals surface area contributed by atoms with Gasteiger partial charge >= 0.3 is 0 Å². The Bertz CT molecular complexity index is 1330. The first-order valence-electron chi connectivity index (χ1n) is 12.3. The summed E-state index contributed by atoms with van der Waals surface area (Å²) in [6.45, 7) is 2.11. The molecule has 1 amide bonds. The number of benzene rings is 2. The maximum Gasteiger partial charge on any atom is 0.297 e. The molecule has 1 atom stereocenters. The number of aliphatic hydroxyl groups is 1. The Labute approximate surface area is 209 Å². The minimum absolute atomic E-state index is 0.0872. The largest absolute Gasteiger partial charge is 0.490 e. The van der Waals surface area contributed by atoms with E-state index in [1.54, 1.807) is 24.5 Å². The van der Waals surface area contributed by atoms with Gasteiger partial charge in [0.2, 0.25) is 0 Å². The number of aryl methyl sites for hydroxylation is 1. The van der Waals surface area contributed by atoms with Crippen LogP contribution in [0.3, 0.4) is 0 Å². The second kappa shape index (κ2) is 9.75. The molecule has 2 saturated carbocycles. The number of nitrogens with one attached hydrogen (secondary N) is 2. The quantitative estimate of drug-likeness (QED) is 0.343. The first kappa shape index (κ1) is 24.0. The summed E-state index contributed by atoms with van der Waals surface area (Å²) >= 11 is 0. The molecule has 5 rings (SSSR count). The van der Waals surface area contributed by atoms with E-state index in [4.69, 9.17) is 10.5 Å². The number of carbonyl (C=O) groups excluding carboxylic acids is 1. The molecule has 188 valence electrons. The molecule has 9 nitrogen and oxygen atoms in total. The van der Waals surface area contributed by atoms with Crippen LogP contribution in [-0.2, 0) is 5.54 Å². The summed E-state index contributed by atoms with van der Waals surface area (Å²) in [7, 11) is 0. The van der Waals surface area contributed by atoms with Gasteiger partial charge in [0.05, 0.1) is 11.2 Å². The zero-order valence-corrected chi connectivity index (χ0v) is 20.2. The highest BCUT2D eigenvalue weighted by Gasteiger charge is 2.47. The molecular weight excluding hydrogens is 458 g/mol. The summed E-state index contributed by atoms with van der Waals surface area (Å²) in [5.41, 5.74) is 7.64. The van der Waals surface area contributed by atoms with Crippen molar-refractivity contribution in [2.24, 2.45) is 5.73 Å². The number of nitrogens with zero attached hydrogens (tertiary/aromatic N) is 2. The van der Waals surface area contributed by atoms with E-state index in [-0.39, 0.29) is 36.5 Å². The van der Waals surface area contributed by atoms with E-state index in [1.165, 1.54) is 4.57 Å². The number of nitrogens with two attached hydrogens (primary N) is 1.